The molecule has 0 saturated carbocycles. The van der Waals surface area contributed by atoms with Crippen LogP contribution in [0.5, 0.6) is 0 Å². The van der Waals surface area contributed by atoms with Crippen LogP contribution in [0.25, 0.3) is 0 Å². The Kier molecular flexibility index (Phi) is 3.90. The highest BCUT2D eigenvalue weighted by molar-refractivity contribution is 7.71. The van der Waals surface area contributed by atoms with Crippen LogP contribution in [0, 0.1) is 4.77 Å². The molecule has 0 bridgehead atoms. The molecule has 1 aromatic heterocycles. The summed E-state index contributed by atoms with van der Waals surface area (Å²) in [5, 5.41) is 1.16. The highest BCUT2D eigenvalue weighted by Gasteiger charge is 2.12. The summed E-state index contributed by atoms with van der Waals surface area (Å²) in [5.41, 5.74) is 0.676. The van der Waals surface area contributed by atoms with Gasteiger partial charge in [0, 0.05) is 22.3 Å². The molecule has 2 aromatic rings. The van der Waals surface area contributed by atoms with Crippen LogP contribution in [0.1, 0.15) is 18.5 Å². The van der Waals surface area contributed by atoms with Crippen molar-refractivity contribution in [2.75, 3.05) is 0 Å². The summed E-state index contributed by atoms with van der Waals surface area (Å²) < 4.78 is 2.13. The summed E-state index contributed by atoms with van der Waals surface area (Å²) in [6, 6.07) is 6.65. The van der Waals surface area contributed by atoms with Crippen molar-refractivity contribution in [3.8, 4) is 0 Å². The van der Waals surface area contributed by atoms with Gasteiger partial charge in [-0.1, -0.05) is 29.3 Å². The van der Waals surface area contributed by atoms with Gasteiger partial charge in [-0.15, -0.1) is 0 Å². The van der Waals surface area contributed by atoms with E-state index in [1.807, 2.05) is 13.0 Å². The van der Waals surface area contributed by atoms with Gasteiger partial charge in [0.2, 0.25) is 0 Å². The third-order valence-corrected chi connectivity index (χ3v) is 3.56. The average molecular weight is 301 g/mol. The minimum absolute atomic E-state index is 0.0842. The van der Waals surface area contributed by atoms with Crippen molar-refractivity contribution in [2.24, 2.45) is 0 Å². The van der Waals surface area contributed by atoms with E-state index >= 15 is 0 Å². The van der Waals surface area contributed by atoms with E-state index < -0.39 is 0 Å². The van der Waals surface area contributed by atoms with Crippen LogP contribution in [-0.4, -0.2) is 9.55 Å². The molecule has 0 aliphatic heterocycles. The van der Waals surface area contributed by atoms with Gasteiger partial charge in [-0.3, -0.25) is 9.78 Å². The van der Waals surface area contributed by atoms with E-state index in [1.165, 1.54) is 6.07 Å². The topological polar surface area (TPSA) is 37.8 Å². The Bertz CT molecular complexity index is 693. The fraction of sp³-hybridized carbons (Fsp3) is 0.167. The van der Waals surface area contributed by atoms with Gasteiger partial charge in [0.1, 0.15) is 0 Å². The second-order valence-corrected chi connectivity index (χ2v) is 5.09. The van der Waals surface area contributed by atoms with E-state index in [1.54, 1.807) is 22.9 Å². The third kappa shape index (κ3) is 2.66. The normalized spacial score (nSPS) is 12.4. The highest BCUT2D eigenvalue weighted by atomic mass is 35.5. The summed E-state index contributed by atoms with van der Waals surface area (Å²) in [5.74, 6) is 0. The lowest BCUT2D eigenvalue weighted by molar-refractivity contribution is 0.610. The summed E-state index contributed by atoms with van der Waals surface area (Å²) in [4.78, 5) is 13.7. The third-order valence-electron chi connectivity index (χ3n) is 2.68. The maximum Gasteiger partial charge on any atom is 0.251 e. The molecule has 0 amide bonds. The van der Waals surface area contributed by atoms with Crippen LogP contribution < -0.4 is 5.56 Å². The molecule has 94 valence electrons. The van der Waals surface area contributed by atoms with Crippen LogP contribution in [0.3, 0.4) is 0 Å². The predicted octanol–water partition coefficient (Wildman–Crippen LogP) is 3.82. The first kappa shape index (κ1) is 13.3. The SMILES string of the molecule is CC(c1ccc(Cl)cc1Cl)n1ccc(=O)[nH]c1=S. The fourth-order valence-corrected chi connectivity index (χ4v) is 2.61. The predicted molar refractivity (Wildman–Crippen MR) is 76.2 cm³/mol. The number of aromatic amines is 1. The zero-order chi connectivity index (χ0) is 13.3. The zero-order valence-electron chi connectivity index (χ0n) is 9.48. The molecular formula is C12H10Cl2N2OS. The lowest BCUT2D eigenvalue weighted by Gasteiger charge is -2.17. The molecule has 2 rings (SSSR count). The largest absolute Gasteiger partial charge is 0.318 e. The molecule has 1 atom stereocenters. The molecule has 1 unspecified atom stereocenters. The number of aromatic nitrogens is 2. The van der Waals surface area contributed by atoms with E-state index in [9.17, 15) is 4.79 Å². The molecule has 1 aromatic carbocycles. The molecule has 0 radical (unpaired) electrons. The van der Waals surface area contributed by atoms with Gasteiger partial charge in [-0.05, 0) is 36.8 Å². The fourth-order valence-electron chi connectivity index (χ4n) is 1.72. The maximum absolute atomic E-state index is 11.1. The standard InChI is InChI=1S/C12H10Cl2N2OS/c1-7(9-3-2-8(13)6-10(9)14)16-5-4-11(17)15-12(16)18/h2-7H,1H3,(H,15,17,18). The van der Waals surface area contributed by atoms with E-state index in [-0.39, 0.29) is 11.6 Å². The minimum Gasteiger partial charge on any atom is -0.318 e. The Morgan fingerprint density at radius 1 is 1.33 bits per heavy atom. The molecule has 0 spiro atoms. The van der Waals surface area contributed by atoms with Gasteiger partial charge in [-0.25, -0.2) is 0 Å². The number of nitrogens with one attached hydrogen (secondary N) is 1. The van der Waals surface area contributed by atoms with E-state index in [0.717, 1.165) is 5.56 Å². The Hall–Kier alpha value is -1.10. The molecule has 0 fully saturated rings. The lowest BCUT2D eigenvalue weighted by atomic mass is 10.1. The molecule has 18 heavy (non-hydrogen) atoms. The maximum atomic E-state index is 11.1. The van der Waals surface area contributed by atoms with Crippen LogP contribution in [-0.2, 0) is 0 Å². The Balaban J connectivity index is 2.51. The van der Waals surface area contributed by atoms with E-state index in [0.29, 0.717) is 14.8 Å². The van der Waals surface area contributed by atoms with Crippen LogP contribution >= 0.6 is 35.4 Å². The van der Waals surface area contributed by atoms with Crippen molar-refractivity contribution in [3.63, 3.8) is 0 Å². The van der Waals surface area contributed by atoms with Gasteiger partial charge in [0.25, 0.3) is 5.56 Å². The molecule has 6 heteroatoms. The number of rotatable bonds is 2. The van der Waals surface area contributed by atoms with Crippen molar-refractivity contribution in [2.45, 2.75) is 13.0 Å². The van der Waals surface area contributed by atoms with Crippen LogP contribution in [0.15, 0.2) is 35.3 Å². The quantitative estimate of drug-likeness (QED) is 0.856. The van der Waals surface area contributed by atoms with Crippen LogP contribution in [0.4, 0.5) is 0 Å². The molecule has 0 aliphatic carbocycles. The van der Waals surface area contributed by atoms with Crippen molar-refractivity contribution < 1.29 is 0 Å². The molecule has 1 N–H and O–H groups in total. The summed E-state index contributed by atoms with van der Waals surface area (Å²) in [6.45, 7) is 1.95. The first-order chi connectivity index (χ1) is 8.49. The average Bonchev–Trinajstić information content (AvgIpc) is 2.28. The molecule has 0 aliphatic rings. The highest BCUT2D eigenvalue weighted by Crippen LogP contribution is 2.28. The first-order valence-corrected chi connectivity index (χ1v) is 6.42. The number of hydrogen-bond acceptors (Lipinski definition) is 2. The number of nitrogens with zero attached hydrogens (tertiary/aromatic N) is 1. The Morgan fingerprint density at radius 2 is 2.06 bits per heavy atom. The monoisotopic (exact) mass is 300 g/mol. The number of halogens is 2. The second kappa shape index (κ2) is 5.26. The van der Waals surface area contributed by atoms with Gasteiger partial charge in [0.15, 0.2) is 4.77 Å². The van der Waals surface area contributed by atoms with Crippen molar-refractivity contribution in [3.05, 3.63) is 61.2 Å². The van der Waals surface area contributed by atoms with Gasteiger partial charge < -0.3 is 4.57 Å². The number of benzene rings is 1. The summed E-state index contributed by atoms with van der Waals surface area (Å²) >= 11 is 17.1. The van der Waals surface area contributed by atoms with Gasteiger partial charge >= 0.3 is 0 Å². The Labute approximate surface area is 119 Å². The summed E-state index contributed by atoms with van der Waals surface area (Å²) in [7, 11) is 0. The molecule has 3 nitrogen and oxygen atoms in total. The van der Waals surface area contributed by atoms with E-state index in [2.05, 4.69) is 4.98 Å². The second-order valence-electron chi connectivity index (χ2n) is 3.86. The molecular weight excluding hydrogens is 291 g/mol. The zero-order valence-corrected chi connectivity index (χ0v) is 11.8. The minimum atomic E-state index is -0.217. The van der Waals surface area contributed by atoms with Gasteiger partial charge in [-0.2, -0.15) is 0 Å². The van der Waals surface area contributed by atoms with Crippen molar-refractivity contribution in [1.82, 2.24) is 9.55 Å². The first-order valence-electron chi connectivity index (χ1n) is 5.25. The van der Waals surface area contributed by atoms with E-state index in [4.69, 9.17) is 35.4 Å². The van der Waals surface area contributed by atoms with Crippen LogP contribution in [0.2, 0.25) is 10.0 Å². The summed E-state index contributed by atoms with van der Waals surface area (Å²) in [6.07, 6.45) is 1.65. The van der Waals surface area contributed by atoms with Crippen molar-refractivity contribution >= 4 is 35.4 Å². The Morgan fingerprint density at radius 3 is 2.67 bits per heavy atom. The molecule has 0 saturated heterocycles. The lowest BCUT2D eigenvalue weighted by Crippen LogP contribution is -2.15. The van der Waals surface area contributed by atoms with Gasteiger partial charge in [0.05, 0.1) is 6.04 Å². The molecule has 1 heterocycles. The van der Waals surface area contributed by atoms with Crippen molar-refractivity contribution in [1.29, 1.82) is 0 Å². The smallest absolute Gasteiger partial charge is 0.251 e. The number of hydrogen-bond donors (Lipinski definition) is 1. The number of H-pyrrole nitrogens is 1.